The Kier molecular flexibility index (Phi) is 5.01. The summed E-state index contributed by atoms with van der Waals surface area (Å²) in [7, 11) is 0. The van der Waals surface area contributed by atoms with Crippen LogP contribution in [0.25, 0.3) is 10.2 Å². The Bertz CT molecular complexity index is 943. The quantitative estimate of drug-likeness (QED) is 0.525. The van der Waals surface area contributed by atoms with Gasteiger partial charge in [-0.2, -0.15) is 4.99 Å². The molecule has 0 saturated heterocycles. The Balaban J connectivity index is 2.04. The summed E-state index contributed by atoms with van der Waals surface area (Å²) in [5, 5.41) is 1.96. The molecule has 6 heteroatoms. The maximum Gasteiger partial charge on any atom is 0.253 e. The lowest BCUT2D eigenvalue weighted by molar-refractivity contribution is -0.117. The van der Waals surface area contributed by atoms with Gasteiger partial charge in [0.15, 0.2) is 4.80 Å². The summed E-state index contributed by atoms with van der Waals surface area (Å²) >= 11 is 4.76. The zero-order valence-electron chi connectivity index (χ0n) is 12.5. The highest BCUT2D eigenvalue weighted by Gasteiger charge is 2.09. The second-order valence-corrected chi connectivity index (χ2v) is 7.69. The molecule has 23 heavy (non-hydrogen) atoms. The van der Waals surface area contributed by atoms with E-state index in [0.29, 0.717) is 17.8 Å². The molecule has 3 aromatic rings. The maximum absolute atomic E-state index is 12.2. The number of thiophene rings is 1. The minimum Gasteiger partial charge on any atom is -0.305 e. The van der Waals surface area contributed by atoms with E-state index in [0.717, 1.165) is 15.1 Å². The zero-order chi connectivity index (χ0) is 16.2. The van der Waals surface area contributed by atoms with Gasteiger partial charge in [-0.05, 0) is 35.9 Å². The summed E-state index contributed by atoms with van der Waals surface area (Å²) in [4.78, 5) is 19.4. The molecule has 1 aromatic carbocycles. The van der Waals surface area contributed by atoms with Crippen molar-refractivity contribution in [3.05, 3.63) is 45.4 Å². The molecule has 0 aliphatic heterocycles. The largest absolute Gasteiger partial charge is 0.305 e. The number of fused-ring (bicyclic) bond motifs is 1. The van der Waals surface area contributed by atoms with E-state index >= 15 is 0 Å². The van der Waals surface area contributed by atoms with Gasteiger partial charge in [0.05, 0.1) is 23.2 Å². The van der Waals surface area contributed by atoms with E-state index < -0.39 is 0 Å². The monoisotopic (exact) mass is 358 g/mol. The molecule has 3 nitrogen and oxygen atoms in total. The van der Waals surface area contributed by atoms with E-state index in [2.05, 4.69) is 23.0 Å². The van der Waals surface area contributed by atoms with Crippen LogP contribution in [0, 0.1) is 12.3 Å². The van der Waals surface area contributed by atoms with Crippen molar-refractivity contribution < 1.29 is 4.79 Å². The van der Waals surface area contributed by atoms with E-state index in [4.69, 9.17) is 6.42 Å². The minimum atomic E-state index is -0.144. The van der Waals surface area contributed by atoms with E-state index in [-0.39, 0.29) is 5.91 Å². The summed E-state index contributed by atoms with van der Waals surface area (Å²) in [6, 6.07) is 10.1. The summed E-state index contributed by atoms with van der Waals surface area (Å²) in [6.07, 6.45) is 7.85. The molecule has 0 atom stereocenters. The molecule has 0 bridgehead atoms. The van der Waals surface area contributed by atoms with Gasteiger partial charge in [0, 0.05) is 9.77 Å². The Morgan fingerprint density at radius 3 is 3.00 bits per heavy atom. The van der Waals surface area contributed by atoms with Crippen LogP contribution in [0.4, 0.5) is 0 Å². The molecule has 0 aliphatic rings. The molecule has 0 N–H and O–H groups in total. The van der Waals surface area contributed by atoms with Crippen molar-refractivity contribution in [2.75, 3.05) is 6.26 Å². The van der Waals surface area contributed by atoms with Crippen molar-refractivity contribution in [2.45, 2.75) is 17.9 Å². The lowest BCUT2D eigenvalue weighted by Gasteiger charge is -2.00. The summed E-state index contributed by atoms with van der Waals surface area (Å²) in [6.45, 7) is 0.406. The van der Waals surface area contributed by atoms with Crippen LogP contribution < -0.4 is 4.80 Å². The number of hydrogen-bond donors (Lipinski definition) is 0. The van der Waals surface area contributed by atoms with Crippen LogP contribution in [0.3, 0.4) is 0 Å². The molecule has 2 heterocycles. The van der Waals surface area contributed by atoms with E-state index in [1.165, 1.54) is 16.2 Å². The van der Waals surface area contributed by atoms with Gasteiger partial charge in [-0.25, -0.2) is 0 Å². The smallest absolute Gasteiger partial charge is 0.253 e. The van der Waals surface area contributed by atoms with Gasteiger partial charge in [0.25, 0.3) is 5.91 Å². The van der Waals surface area contributed by atoms with Crippen LogP contribution in [0.5, 0.6) is 0 Å². The normalized spacial score (nSPS) is 11.7. The molecule has 0 fully saturated rings. The average molecular weight is 359 g/mol. The standard InChI is InChI=1S/C17H14N2OS3/c1-3-8-19-14-7-6-12(21-2)10-15(14)23-17(19)18-16(20)11-13-5-4-9-22-13/h1,4-7,9-10H,8,11H2,2H3. The Morgan fingerprint density at radius 1 is 1.43 bits per heavy atom. The molecule has 0 radical (unpaired) electrons. The van der Waals surface area contributed by atoms with Crippen LogP contribution in [-0.4, -0.2) is 16.7 Å². The van der Waals surface area contributed by atoms with Crippen LogP contribution in [0.15, 0.2) is 45.6 Å². The molecule has 0 aliphatic carbocycles. The second kappa shape index (κ2) is 7.18. The van der Waals surface area contributed by atoms with Gasteiger partial charge < -0.3 is 4.57 Å². The highest BCUT2D eigenvalue weighted by Crippen LogP contribution is 2.24. The number of terminal acetylenes is 1. The van der Waals surface area contributed by atoms with E-state index in [1.807, 2.05) is 34.4 Å². The topological polar surface area (TPSA) is 34.4 Å². The second-order valence-electron chi connectivity index (χ2n) is 4.77. The fourth-order valence-electron chi connectivity index (χ4n) is 2.22. The van der Waals surface area contributed by atoms with Crippen molar-refractivity contribution in [3.63, 3.8) is 0 Å². The predicted molar refractivity (Wildman–Crippen MR) is 99.0 cm³/mol. The Hall–Kier alpha value is -1.81. The molecule has 0 spiro atoms. The van der Waals surface area contributed by atoms with Crippen LogP contribution >= 0.6 is 34.4 Å². The van der Waals surface area contributed by atoms with Crippen LogP contribution in [0.1, 0.15) is 4.88 Å². The summed E-state index contributed by atoms with van der Waals surface area (Å²) in [5.41, 5.74) is 1.02. The lowest BCUT2D eigenvalue weighted by atomic mass is 10.3. The first kappa shape index (κ1) is 16.1. The van der Waals surface area contributed by atoms with Crippen LogP contribution in [0.2, 0.25) is 0 Å². The number of nitrogens with zero attached hydrogens (tertiary/aromatic N) is 2. The number of carbonyl (C=O) groups excluding carboxylic acids is 1. The van der Waals surface area contributed by atoms with E-state index in [1.54, 1.807) is 23.1 Å². The van der Waals surface area contributed by atoms with Crippen molar-refractivity contribution in [2.24, 2.45) is 4.99 Å². The van der Waals surface area contributed by atoms with Gasteiger partial charge >= 0.3 is 0 Å². The summed E-state index contributed by atoms with van der Waals surface area (Å²) < 4.78 is 3.02. The third kappa shape index (κ3) is 3.58. The van der Waals surface area contributed by atoms with Gasteiger partial charge in [-0.3, -0.25) is 4.79 Å². The number of carbonyl (C=O) groups is 1. The number of thiazole rings is 1. The number of hydrogen-bond acceptors (Lipinski definition) is 4. The Labute approximate surface area is 146 Å². The molecular weight excluding hydrogens is 344 g/mol. The lowest BCUT2D eigenvalue weighted by Crippen LogP contribution is -2.16. The minimum absolute atomic E-state index is 0.144. The van der Waals surface area contributed by atoms with Gasteiger partial charge in [-0.15, -0.1) is 29.5 Å². The first-order valence-electron chi connectivity index (χ1n) is 6.92. The summed E-state index contributed by atoms with van der Waals surface area (Å²) in [5.74, 6) is 2.50. The molecule has 1 amide bonds. The first-order chi connectivity index (χ1) is 11.2. The SMILES string of the molecule is C#CCn1c(=NC(=O)Cc2cccs2)sc2cc(SC)ccc21. The van der Waals surface area contributed by atoms with E-state index in [9.17, 15) is 4.79 Å². The van der Waals surface area contributed by atoms with Crippen molar-refractivity contribution in [1.82, 2.24) is 4.57 Å². The van der Waals surface area contributed by atoms with Crippen molar-refractivity contribution in [1.29, 1.82) is 0 Å². The number of rotatable bonds is 4. The highest BCUT2D eigenvalue weighted by molar-refractivity contribution is 7.98. The molecule has 0 saturated carbocycles. The number of thioether (sulfide) groups is 1. The van der Waals surface area contributed by atoms with Crippen molar-refractivity contribution >= 4 is 50.6 Å². The molecule has 3 rings (SSSR count). The average Bonchev–Trinajstić information content (AvgIpc) is 3.15. The maximum atomic E-state index is 12.2. The fraction of sp³-hybridized carbons (Fsp3) is 0.176. The highest BCUT2D eigenvalue weighted by atomic mass is 32.2. The van der Waals surface area contributed by atoms with Crippen molar-refractivity contribution in [3.8, 4) is 12.3 Å². The van der Waals surface area contributed by atoms with Crippen LogP contribution in [-0.2, 0) is 17.8 Å². The molecular formula is C17H14N2OS3. The first-order valence-corrected chi connectivity index (χ1v) is 9.84. The van der Waals surface area contributed by atoms with Gasteiger partial charge in [0.1, 0.15) is 0 Å². The molecule has 0 unspecified atom stereocenters. The molecule has 116 valence electrons. The number of amides is 1. The fourth-order valence-corrected chi connectivity index (χ4v) is 4.51. The third-order valence-corrected chi connectivity index (χ3v) is 5.91. The molecule has 2 aromatic heterocycles. The number of aromatic nitrogens is 1. The Morgan fingerprint density at radius 2 is 2.30 bits per heavy atom. The van der Waals surface area contributed by atoms with Gasteiger partial charge in [-0.1, -0.05) is 23.3 Å². The number of benzene rings is 1. The predicted octanol–water partition coefficient (Wildman–Crippen LogP) is 3.79. The zero-order valence-corrected chi connectivity index (χ0v) is 14.9. The van der Waals surface area contributed by atoms with Gasteiger partial charge in [0.2, 0.25) is 0 Å². The third-order valence-electron chi connectivity index (χ3n) is 3.27.